The average Bonchev–Trinajstić information content (AvgIpc) is 3.17. The number of carbonyl (C=O) groups excluding carboxylic acids is 2. The van der Waals surface area contributed by atoms with E-state index in [1.54, 1.807) is 18.2 Å². The van der Waals surface area contributed by atoms with Gasteiger partial charge in [0.15, 0.2) is 9.84 Å². The van der Waals surface area contributed by atoms with E-state index in [2.05, 4.69) is 5.32 Å². The quantitative estimate of drug-likeness (QED) is 0.603. The summed E-state index contributed by atoms with van der Waals surface area (Å²) in [7, 11) is -3.07. The topological polar surface area (TPSA) is 96.7 Å². The first-order valence-electron chi connectivity index (χ1n) is 7.13. The van der Waals surface area contributed by atoms with E-state index in [9.17, 15) is 18.0 Å². The van der Waals surface area contributed by atoms with Crippen LogP contribution in [0.1, 0.15) is 12.2 Å². The largest absolute Gasteiger partial charge is 0.465 e. The molecule has 10 heteroatoms. The van der Waals surface area contributed by atoms with E-state index >= 15 is 0 Å². The number of nitrogens with zero attached hydrogens (tertiary/aromatic N) is 1. The SMILES string of the molecule is O=C(CN1C(=O)C(=Cc2ccco2)SC1=S)NC1CCS(=O)(=O)C1. The molecule has 0 aromatic carbocycles. The molecule has 0 radical (unpaired) electrons. The number of nitrogens with one attached hydrogen (secondary N) is 1. The smallest absolute Gasteiger partial charge is 0.266 e. The van der Waals surface area contributed by atoms with Gasteiger partial charge in [0.25, 0.3) is 5.91 Å². The van der Waals surface area contributed by atoms with Crippen molar-refractivity contribution in [1.82, 2.24) is 10.2 Å². The molecule has 1 aromatic rings. The molecular weight excluding hydrogens is 372 g/mol. The first-order chi connectivity index (χ1) is 11.3. The van der Waals surface area contributed by atoms with Crippen LogP contribution < -0.4 is 5.32 Å². The Morgan fingerprint density at radius 2 is 2.33 bits per heavy atom. The molecule has 0 bridgehead atoms. The van der Waals surface area contributed by atoms with E-state index in [4.69, 9.17) is 16.6 Å². The zero-order chi connectivity index (χ0) is 17.3. The molecule has 3 rings (SSSR count). The molecule has 2 amide bonds. The fourth-order valence-electron chi connectivity index (χ4n) is 2.46. The molecule has 128 valence electrons. The molecule has 0 spiro atoms. The number of rotatable bonds is 4. The highest BCUT2D eigenvalue weighted by molar-refractivity contribution is 8.26. The molecule has 1 N–H and O–H groups in total. The monoisotopic (exact) mass is 386 g/mol. The third kappa shape index (κ3) is 3.87. The maximum atomic E-state index is 12.3. The summed E-state index contributed by atoms with van der Waals surface area (Å²) in [4.78, 5) is 26.0. The summed E-state index contributed by atoms with van der Waals surface area (Å²) in [5, 5.41) is 2.64. The van der Waals surface area contributed by atoms with E-state index in [1.165, 1.54) is 11.2 Å². The molecule has 2 fully saturated rings. The van der Waals surface area contributed by atoms with Crippen molar-refractivity contribution >= 4 is 56.0 Å². The zero-order valence-electron chi connectivity index (χ0n) is 12.4. The summed E-state index contributed by atoms with van der Waals surface area (Å²) in [6.45, 7) is -0.225. The second-order valence-corrected chi connectivity index (χ2v) is 9.36. The number of thioether (sulfide) groups is 1. The Morgan fingerprint density at radius 3 is 2.96 bits per heavy atom. The minimum Gasteiger partial charge on any atom is -0.465 e. The molecule has 24 heavy (non-hydrogen) atoms. The second-order valence-electron chi connectivity index (χ2n) is 5.45. The predicted molar refractivity (Wildman–Crippen MR) is 93.8 cm³/mol. The summed E-state index contributed by atoms with van der Waals surface area (Å²) < 4.78 is 28.3. The van der Waals surface area contributed by atoms with Gasteiger partial charge in [-0.3, -0.25) is 14.5 Å². The van der Waals surface area contributed by atoms with Crippen LogP contribution in [0.3, 0.4) is 0 Å². The van der Waals surface area contributed by atoms with E-state index < -0.39 is 21.8 Å². The summed E-state index contributed by atoms with van der Waals surface area (Å²) in [6.07, 6.45) is 3.46. The Bertz CT molecular complexity index is 813. The highest BCUT2D eigenvalue weighted by Crippen LogP contribution is 2.32. The van der Waals surface area contributed by atoms with Crippen molar-refractivity contribution in [2.24, 2.45) is 0 Å². The van der Waals surface area contributed by atoms with Crippen molar-refractivity contribution in [2.45, 2.75) is 12.5 Å². The van der Waals surface area contributed by atoms with Crippen molar-refractivity contribution in [3.8, 4) is 0 Å². The Balaban J connectivity index is 1.62. The molecule has 0 aliphatic carbocycles. The molecule has 2 saturated heterocycles. The van der Waals surface area contributed by atoms with Crippen molar-refractivity contribution in [3.63, 3.8) is 0 Å². The Hall–Kier alpha value is -1.65. The van der Waals surface area contributed by atoms with Crippen molar-refractivity contribution in [3.05, 3.63) is 29.1 Å². The third-order valence-electron chi connectivity index (χ3n) is 3.59. The van der Waals surface area contributed by atoms with Crippen LogP contribution in [0, 0.1) is 0 Å². The Labute approximate surface area is 148 Å². The van der Waals surface area contributed by atoms with Crippen LogP contribution in [0.4, 0.5) is 0 Å². The Morgan fingerprint density at radius 1 is 1.54 bits per heavy atom. The lowest BCUT2D eigenvalue weighted by Gasteiger charge is -2.16. The maximum Gasteiger partial charge on any atom is 0.266 e. The molecule has 2 aliphatic heterocycles. The first kappa shape index (κ1) is 17.2. The van der Waals surface area contributed by atoms with Crippen molar-refractivity contribution in [1.29, 1.82) is 0 Å². The van der Waals surface area contributed by atoms with Gasteiger partial charge < -0.3 is 9.73 Å². The fraction of sp³-hybridized carbons (Fsp3) is 0.357. The van der Waals surface area contributed by atoms with Crippen LogP contribution >= 0.6 is 24.0 Å². The lowest BCUT2D eigenvalue weighted by Crippen LogP contribution is -2.43. The second kappa shape index (κ2) is 6.69. The Kier molecular flexibility index (Phi) is 4.79. The maximum absolute atomic E-state index is 12.3. The lowest BCUT2D eigenvalue weighted by molar-refractivity contribution is -0.129. The number of thiocarbonyl (C=S) groups is 1. The van der Waals surface area contributed by atoms with Gasteiger partial charge in [-0.05, 0) is 18.6 Å². The van der Waals surface area contributed by atoms with Gasteiger partial charge >= 0.3 is 0 Å². The first-order valence-corrected chi connectivity index (χ1v) is 10.2. The van der Waals surface area contributed by atoms with Gasteiger partial charge in [0.2, 0.25) is 5.91 Å². The van der Waals surface area contributed by atoms with Crippen LogP contribution in [0.15, 0.2) is 27.7 Å². The van der Waals surface area contributed by atoms with Crippen molar-refractivity contribution in [2.75, 3.05) is 18.1 Å². The summed E-state index contributed by atoms with van der Waals surface area (Å²) in [5.74, 6) is -0.250. The molecule has 1 unspecified atom stereocenters. The lowest BCUT2D eigenvalue weighted by atomic mass is 10.2. The number of carbonyl (C=O) groups is 2. The summed E-state index contributed by atoms with van der Waals surface area (Å²) in [6, 6.07) is 3.01. The van der Waals surface area contributed by atoms with Gasteiger partial charge in [0.05, 0.1) is 22.7 Å². The van der Waals surface area contributed by atoms with E-state index in [0.717, 1.165) is 11.8 Å². The molecule has 3 heterocycles. The number of hydrogen-bond donors (Lipinski definition) is 1. The molecule has 1 aromatic heterocycles. The summed E-state index contributed by atoms with van der Waals surface area (Å²) >= 11 is 6.25. The van der Waals surface area contributed by atoms with Crippen LogP contribution in [-0.4, -0.2) is 53.5 Å². The van der Waals surface area contributed by atoms with Crippen molar-refractivity contribution < 1.29 is 22.4 Å². The third-order valence-corrected chi connectivity index (χ3v) is 6.74. The van der Waals surface area contributed by atoms with E-state index in [-0.39, 0.29) is 28.3 Å². The van der Waals surface area contributed by atoms with Gasteiger partial charge in [-0.1, -0.05) is 24.0 Å². The van der Waals surface area contributed by atoms with Crippen LogP contribution in [0.5, 0.6) is 0 Å². The normalized spacial score (nSPS) is 24.8. The number of hydrogen-bond acceptors (Lipinski definition) is 7. The number of furan rings is 1. The average molecular weight is 386 g/mol. The molecular formula is C14H14N2O5S3. The fourth-order valence-corrected chi connectivity index (χ4v) is 5.37. The van der Waals surface area contributed by atoms with Crippen LogP contribution in [-0.2, 0) is 19.4 Å². The highest BCUT2D eigenvalue weighted by atomic mass is 32.2. The summed E-state index contributed by atoms with van der Waals surface area (Å²) in [5.41, 5.74) is 0. The number of sulfone groups is 1. The minimum absolute atomic E-state index is 0.0600. The van der Waals surface area contributed by atoms with Gasteiger partial charge in [-0.25, -0.2) is 8.42 Å². The number of amides is 2. The standard InChI is InChI=1S/C14H14N2O5S3/c17-12(15-9-3-5-24(19,20)8-9)7-16-13(18)11(23-14(16)22)6-10-2-1-4-21-10/h1-2,4,6,9H,3,5,7-8H2,(H,15,17). The molecule has 0 saturated carbocycles. The van der Waals surface area contributed by atoms with Crippen LogP contribution in [0.2, 0.25) is 0 Å². The minimum atomic E-state index is -3.07. The van der Waals surface area contributed by atoms with Crippen LogP contribution in [0.25, 0.3) is 6.08 Å². The highest BCUT2D eigenvalue weighted by Gasteiger charge is 2.35. The molecule has 1 atom stereocenters. The van der Waals surface area contributed by atoms with Gasteiger partial charge in [0.1, 0.15) is 16.6 Å². The predicted octanol–water partition coefficient (Wildman–Crippen LogP) is 0.784. The zero-order valence-corrected chi connectivity index (χ0v) is 14.9. The van der Waals surface area contributed by atoms with Gasteiger partial charge in [-0.15, -0.1) is 0 Å². The molecule has 2 aliphatic rings. The van der Waals surface area contributed by atoms with Gasteiger partial charge in [-0.2, -0.15) is 0 Å². The van der Waals surface area contributed by atoms with E-state index in [0.29, 0.717) is 17.1 Å². The van der Waals surface area contributed by atoms with E-state index in [1.807, 2.05) is 0 Å². The molecule has 7 nitrogen and oxygen atoms in total. The van der Waals surface area contributed by atoms with Gasteiger partial charge in [0, 0.05) is 12.1 Å².